The van der Waals surface area contributed by atoms with Crippen molar-refractivity contribution < 1.29 is 37.4 Å². The number of carboxylic acids is 1. The number of amides is 1. The van der Waals surface area contributed by atoms with E-state index in [-0.39, 0.29) is 0 Å². The van der Waals surface area contributed by atoms with Crippen LogP contribution in [0.5, 0.6) is 0 Å². The number of hydrogen-bond donors (Lipinski definition) is 2. The Morgan fingerprint density at radius 1 is 1.24 bits per heavy atom. The van der Waals surface area contributed by atoms with Gasteiger partial charge >= 0.3 is 11.9 Å². The van der Waals surface area contributed by atoms with Crippen LogP contribution in [0.15, 0.2) is 12.1 Å². The second kappa shape index (κ2) is 6.73. The van der Waals surface area contributed by atoms with Crippen LogP contribution < -0.4 is 5.32 Å². The zero-order valence-electron chi connectivity index (χ0n) is 10.7. The molecule has 0 saturated heterocycles. The van der Waals surface area contributed by atoms with Gasteiger partial charge in [0.1, 0.15) is 6.04 Å². The molecule has 1 atom stereocenters. The van der Waals surface area contributed by atoms with Crippen molar-refractivity contribution in [1.29, 1.82) is 0 Å². The number of carboxylic acid groups (broad SMARTS) is 1. The van der Waals surface area contributed by atoms with Gasteiger partial charge < -0.3 is 15.2 Å². The molecular weight excluding hydrogens is 295 g/mol. The molecule has 1 aromatic carbocycles. The van der Waals surface area contributed by atoms with E-state index < -0.39 is 53.3 Å². The van der Waals surface area contributed by atoms with Gasteiger partial charge in [0.05, 0.1) is 19.1 Å². The van der Waals surface area contributed by atoms with Crippen molar-refractivity contribution in [3.8, 4) is 0 Å². The highest BCUT2D eigenvalue weighted by atomic mass is 19.2. The van der Waals surface area contributed by atoms with Crippen molar-refractivity contribution in [2.75, 3.05) is 7.11 Å². The minimum absolute atomic E-state index is 0.517. The molecular formula is C12H10F3NO5. The lowest BCUT2D eigenvalue weighted by Gasteiger charge is -2.13. The maximum atomic E-state index is 13.4. The minimum atomic E-state index is -1.86. The Hall–Kier alpha value is -2.58. The molecule has 0 heterocycles. The van der Waals surface area contributed by atoms with Gasteiger partial charge in [0.15, 0.2) is 17.5 Å². The third-order valence-electron chi connectivity index (χ3n) is 2.48. The first kappa shape index (κ1) is 16.5. The second-order valence-electron chi connectivity index (χ2n) is 3.87. The lowest BCUT2D eigenvalue weighted by molar-refractivity contribution is -0.147. The molecule has 0 aliphatic rings. The first-order chi connectivity index (χ1) is 9.77. The summed E-state index contributed by atoms with van der Waals surface area (Å²) in [5.41, 5.74) is -0.884. The minimum Gasteiger partial charge on any atom is -0.480 e. The molecule has 21 heavy (non-hydrogen) atoms. The van der Waals surface area contributed by atoms with Crippen LogP contribution in [0.4, 0.5) is 13.2 Å². The van der Waals surface area contributed by atoms with Gasteiger partial charge in [-0.1, -0.05) is 0 Å². The van der Waals surface area contributed by atoms with Gasteiger partial charge in [-0.3, -0.25) is 9.59 Å². The fourth-order valence-corrected chi connectivity index (χ4v) is 1.39. The highest BCUT2D eigenvalue weighted by Gasteiger charge is 2.26. The molecule has 0 bridgehead atoms. The predicted octanol–water partition coefficient (Wildman–Crippen LogP) is 0.850. The average molecular weight is 305 g/mol. The van der Waals surface area contributed by atoms with Crippen molar-refractivity contribution in [3.63, 3.8) is 0 Å². The number of carbonyl (C=O) groups is 3. The third-order valence-corrected chi connectivity index (χ3v) is 2.48. The summed E-state index contributed by atoms with van der Waals surface area (Å²) in [7, 11) is 1.01. The van der Waals surface area contributed by atoms with E-state index in [1.54, 1.807) is 0 Å². The molecule has 0 radical (unpaired) electrons. The summed E-state index contributed by atoms with van der Waals surface area (Å²) in [6.45, 7) is 0. The first-order valence-corrected chi connectivity index (χ1v) is 5.52. The molecule has 114 valence electrons. The summed E-state index contributed by atoms with van der Waals surface area (Å²) in [5.74, 6) is -8.90. The fraction of sp³-hybridized carbons (Fsp3) is 0.250. The number of carbonyl (C=O) groups excluding carboxylic acids is 2. The van der Waals surface area contributed by atoms with Crippen LogP contribution in [0.25, 0.3) is 0 Å². The number of hydrogen-bond acceptors (Lipinski definition) is 4. The lowest BCUT2D eigenvalue weighted by atomic mass is 10.1. The number of aliphatic carboxylic acids is 1. The Bertz CT molecular complexity index is 591. The highest BCUT2D eigenvalue weighted by Crippen LogP contribution is 2.15. The topological polar surface area (TPSA) is 92.7 Å². The Morgan fingerprint density at radius 2 is 1.86 bits per heavy atom. The Morgan fingerprint density at radius 3 is 2.38 bits per heavy atom. The number of ether oxygens (including phenoxy) is 1. The van der Waals surface area contributed by atoms with Crippen LogP contribution in [0.1, 0.15) is 16.8 Å². The molecule has 0 spiro atoms. The predicted molar refractivity (Wildman–Crippen MR) is 61.8 cm³/mol. The van der Waals surface area contributed by atoms with Gasteiger partial charge in [-0.25, -0.2) is 18.0 Å². The van der Waals surface area contributed by atoms with Crippen molar-refractivity contribution >= 4 is 17.8 Å². The number of methoxy groups -OCH3 is 1. The summed E-state index contributed by atoms with van der Waals surface area (Å²) in [5, 5.41) is 10.6. The van der Waals surface area contributed by atoms with Crippen molar-refractivity contribution in [2.24, 2.45) is 0 Å². The summed E-state index contributed by atoms with van der Waals surface area (Å²) in [4.78, 5) is 33.5. The molecule has 9 heteroatoms. The van der Waals surface area contributed by atoms with Crippen molar-refractivity contribution in [3.05, 3.63) is 35.1 Å². The number of esters is 1. The van der Waals surface area contributed by atoms with Crippen LogP contribution >= 0.6 is 0 Å². The summed E-state index contributed by atoms with van der Waals surface area (Å²) < 4.78 is 43.3. The van der Waals surface area contributed by atoms with Gasteiger partial charge in [0, 0.05) is 0 Å². The lowest BCUT2D eigenvalue weighted by Crippen LogP contribution is -2.42. The van der Waals surface area contributed by atoms with Gasteiger partial charge in [-0.05, 0) is 12.1 Å². The SMILES string of the molecule is COC(=O)C[C@H](NC(=O)c1ccc(F)c(F)c1F)C(=O)O. The number of benzene rings is 1. The van der Waals surface area contributed by atoms with Gasteiger partial charge in [-0.15, -0.1) is 0 Å². The molecule has 0 unspecified atom stereocenters. The standard InChI is InChI=1S/C12H10F3NO5/c1-21-8(17)4-7(12(19)20)16-11(18)5-2-3-6(13)10(15)9(5)14/h2-3,7H,4H2,1H3,(H,16,18)(H,19,20)/t7-/m0/s1. The van der Waals surface area contributed by atoms with Crippen molar-refractivity contribution in [1.82, 2.24) is 5.32 Å². The molecule has 6 nitrogen and oxygen atoms in total. The maximum Gasteiger partial charge on any atom is 0.326 e. The molecule has 0 fully saturated rings. The maximum absolute atomic E-state index is 13.4. The molecule has 0 aliphatic carbocycles. The summed E-state index contributed by atoms with van der Waals surface area (Å²) >= 11 is 0. The Kier molecular flexibility index (Phi) is 5.28. The van der Waals surface area contributed by atoms with Crippen LogP contribution in [0, 0.1) is 17.5 Å². The summed E-state index contributed by atoms with van der Waals surface area (Å²) in [6, 6.07) is -0.527. The Balaban J connectivity index is 2.95. The Labute approximate surface area is 116 Å². The number of nitrogens with one attached hydrogen (secondary N) is 1. The fourth-order valence-electron chi connectivity index (χ4n) is 1.39. The smallest absolute Gasteiger partial charge is 0.326 e. The molecule has 1 rings (SSSR count). The average Bonchev–Trinajstić information content (AvgIpc) is 2.43. The molecule has 1 amide bonds. The molecule has 0 saturated carbocycles. The zero-order valence-corrected chi connectivity index (χ0v) is 10.7. The first-order valence-electron chi connectivity index (χ1n) is 5.52. The number of halogens is 3. The quantitative estimate of drug-likeness (QED) is 0.621. The normalized spacial score (nSPS) is 11.6. The third kappa shape index (κ3) is 3.94. The van der Waals surface area contributed by atoms with E-state index >= 15 is 0 Å². The molecule has 0 aliphatic heterocycles. The van der Waals surface area contributed by atoms with Crippen LogP contribution in [-0.2, 0) is 14.3 Å². The van der Waals surface area contributed by atoms with E-state index in [1.807, 2.05) is 5.32 Å². The monoisotopic (exact) mass is 305 g/mol. The van der Waals surface area contributed by atoms with Crippen LogP contribution in [-0.4, -0.2) is 36.1 Å². The highest BCUT2D eigenvalue weighted by molar-refractivity contribution is 5.97. The van der Waals surface area contributed by atoms with E-state index in [0.29, 0.717) is 12.1 Å². The molecule has 0 aromatic heterocycles. The second-order valence-corrected chi connectivity index (χ2v) is 3.87. The van der Waals surface area contributed by atoms with Crippen LogP contribution in [0.2, 0.25) is 0 Å². The van der Waals surface area contributed by atoms with E-state index in [9.17, 15) is 27.6 Å². The van der Waals surface area contributed by atoms with E-state index in [0.717, 1.165) is 7.11 Å². The van der Waals surface area contributed by atoms with E-state index in [1.165, 1.54) is 0 Å². The number of rotatable bonds is 5. The zero-order chi connectivity index (χ0) is 16.2. The van der Waals surface area contributed by atoms with E-state index in [2.05, 4.69) is 4.74 Å². The largest absolute Gasteiger partial charge is 0.480 e. The molecule has 1 aromatic rings. The van der Waals surface area contributed by atoms with Crippen molar-refractivity contribution in [2.45, 2.75) is 12.5 Å². The molecule has 2 N–H and O–H groups in total. The van der Waals surface area contributed by atoms with Gasteiger partial charge in [0.2, 0.25) is 0 Å². The van der Waals surface area contributed by atoms with Crippen LogP contribution in [0.3, 0.4) is 0 Å². The van der Waals surface area contributed by atoms with Gasteiger partial charge in [-0.2, -0.15) is 0 Å². The van der Waals surface area contributed by atoms with Gasteiger partial charge in [0.25, 0.3) is 5.91 Å². The summed E-state index contributed by atoms with van der Waals surface area (Å²) in [6.07, 6.45) is -0.705. The van der Waals surface area contributed by atoms with E-state index in [4.69, 9.17) is 5.11 Å².